The maximum absolute atomic E-state index is 13.1. The first kappa shape index (κ1) is 11.3. The molecule has 1 aromatic heterocycles. The number of nitrogens with one attached hydrogen (secondary N) is 1. The molecule has 0 atom stereocenters. The molecule has 0 saturated heterocycles. The molecule has 0 amide bonds. The third-order valence-electron chi connectivity index (χ3n) is 3.32. The normalized spacial score (nSPS) is 13.7. The molecule has 2 heterocycles. The number of aromatic nitrogens is 2. The van der Waals surface area contributed by atoms with Gasteiger partial charge in [0.15, 0.2) is 5.82 Å². The third kappa shape index (κ3) is 1.78. The lowest BCUT2D eigenvalue weighted by atomic mass is 10.1. The lowest BCUT2D eigenvalue weighted by molar-refractivity contribution is 0.627. The highest BCUT2D eigenvalue weighted by molar-refractivity contribution is 5.60. The smallest absolute Gasteiger partial charge is 0.159 e. The monoisotopic (exact) mass is 243 g/mol. The van der Waals surface area contributed by atoms with Gasteiger partial charge in [0.1, 0.15) is 5.82 Å². The number of hydrogen-bond donors (Lipinski definition) is 1. The Kier molecular flexibility index (Phi) is 2.59. The molecule has 0 spiro atoms. The highest BCUT2D eigenvalue weighted by Gasteiger charge is 2.17. The zero-order valence-corrected chi connectivity index (χ0v) is 10.4. The summed E-state index contributed by atoms with van der Waals surface area (Å²) >= 11 is 0. The third-order valence-corrected chi connectivity index (χ3v) is 3.32. The van der Waals surface area contributed by atoms with E-state index in [-0.39, 0.29) is 5.82 Å². The molecule has 1 N–H and O–H groups in total. The number of benzene rings is 1. The van der Waals surface area contributed by atoms with E-state index in [2.05, 4.69) is 15.3 Å². The van der Waals surface area contributed by atoms with Crippen LogP contribution in [0.5, 0.6) is 0 Å². The fraction of sp³-hybridized carbons (Fsp3) is 0.286. The van der Waals surface area contributed by atoms with Gasteiger partial charge in [0, 0.05) is 29.9 Å². The maximum Gasteiger partial charge on any atom is 0.159 e. The van der Waals surface area contributed by atoms with Gasteiger partial charge in [-0.05, 0) is 37.6 Å². The van der Waals surface area contributed by atoms with Gasteiger partial charge in [-0.15, -0.1) is 0 Å². The Hall–Kier alpha value is -1.81. The molecule has 0 aliphatic carbocycles. The molecule has 0 fully saturated rings. The average molecular weight is 243 g/mol. The van der Waals surface area contributed by atoms with E-state index in [1.807, 2.05) is 13.8 Å². The quantitative estimate of drug-likeness (QED) is 0.836. The summed E-state index contributed by atoms with van der Waals surface area (Å²) in [6.45, 7) is 5.49. The Morgan fingerprint density at radius 3 is 2.78 bits per heavy atom. The molecule has 3 rings (SSSR count). The van der Waals surface area contributed by atoms with Crippen LogP contribution in [0.4, 0.5) is 4.39 Å². The van der Waals surface area contributed by atoms with Gasteiger partial charge in [0.05, 0.1) is 5.69 Å². The Morgan fingerprint density at radius 2 is 2.00 bits per heavy atom. The number of halogens is 1. The fourth-order valence-electron chi connectivity index (χ4n) is 2.34. The Morgan fingerprint density at radius 1 is 1.17 bits per heavy atom. The molecular weight excluding hydrogens is 229 g/mol. The van der Waals surface area contributed by atoms with Crippen LogP contribution < -0.4 is 5.32 Å². The van der Waals surface area contributed by atoms with Gasteiger partial charge in [0.25, 0.3) is 0 Å². The second-order valence-corrected chi connectivity index (χ2v) is 4.62. The molecule has 4 heteroatoms. The summed E-state index contributed by atoms with van der Waals surface area (Å²) in [6.07, 6.45) is 0. The molecule has 18 heavy (non-hydrogen) atoms. The van der Waals surface area contributed by atoms with Gasteiger partial charge in [-0.2, -0.15) is 0 Å². The van der Waals surface area contributed by atoms with Gasteiger partial charge < -0.3 is 5.32 Å². The molecule has 2 aromatic rings. The predicted octanol–water partition coefficient (Wildman–Crippen LogP) is 2.50. The van der Waals surface area contributed by atoms with Crippen molar-refractivity contribution in [2.24, 2.45) is 0 Å². The molecule has 0 bridgehead atoms. The van der Waals surface area contributed by atoms with Gasteiger partial charge in [-0.25, -0.2) is 14.4 Å². The van der Waals surface area contributed by atoms with Gasteiger partial charge in [-0.1, -0.05) is 0 Å². The molecule has 1 aliphatic heterocycles. The van der Waals surface area contributed by atoms with Crippen LogP contribution in [-0.4, -0.2) is 9.97 Å². The summed E-state index contributed by atoms with van der Waals surface area (Å²) in [7, 11) is 0. The number of aryl methyl sites for hydroxylation is 2. The largest absolute Gasteiger partial charge is 0.307 e. The maximum atomic E-state index is 13.1. The van der Waals surface area contributed by atoms with Crippen LogP contribution in [0, 0.1) is 19.7 Å². The summed E-state index contributed by atoms with van der Waals surface area (Å²) in [5, 5.41) is 3.27. The van der Waals surface area contributed by atoms with E-state index >= 15 is 0 Å². The van der Waals surface area contributed by atoms with Crippen molar-refractivity contribution in [2.75, 3.05) is 0 Å². The lowest BCUT2D eigenvalue weighted by Crippen LogP contribution is -2.01. The van der Waals surface area contributed by atoms with Gasteiger partial charge in [0.2, 0.25) is 0 Å². The van der Waals surface area contributed by atoms with E-state index in [4.69, 9.17) is 0 Å². The first-order valence-electron chi connectivity index (χ1n) is 5.99. The first-order chi connectivity index (χ1) is 8.65. The van der Waals surface area contributed by atoms with Gasteiger partial charge in [-0.3, -0.25) is 0 Å². The van der Waals surface area contributed by atoms with Gasteiger partial charge >= 0.3 is 0 Å². The van der Waals surface area contributed by atoms with Crippen LogP contribution in [0.25, 0.3) is 11.4 Å². The van der Waals surface area contributed by atoms with Crippen molar-refractivity contribution in [1.82, 2.24) is 15.3 Å². The second-order valence-electron chi connectivity index (χ2n) is 4.62. The highest BCUT2D eigenvalue weighted by atomic mass is 19.1. The minimum atomic E-state index is -0.226. The van der Waals surface area contributed by atoms with Crippen LogP contribution in [0.3, 0.4) is 0 Å². The number of fused-ring (bicyclic) bond motifs is 1. The summed E-state index contributed by atoms with van der Waals surface area (Å²) in [5.41, 5.74) is 5.01. The average Bonchev–Trinajstić information content (AvgIpc) is 2.77. The second kappa shape index (κ2) is 4.14. The van der Waals surface area contributed by atoms with Crippen LogP contribution in [0.2, 0.25) is 0 Å². The van der Waals surface area contributed by atoms with Crippen molar-refractivity contribution in [1.29, 1.82) is 0 Å². The summed E-state index contributed by atoms with van der Waals surface area (Å²) in [5.74, 6) is 0.461. The molecule has 1 aliphatic rings. The Bertz CT molecular complexity index is 623. The Labute approximate surface area is 105 Å². The molecular formula is C14H14FN3. The van der Waals surface area contributed by atoms with Crippen LogP contribution in [0.1, 0.15) is 22.5 Å². The van der Waals surface area contributed by atoms with Crippen molar-refractivity contribution in [3.05, 3.63) is 46.5 Å². The van der Waals surface area contributed by atoms with Crippen LogP contribution in [0.15, 0.2) is 18.2 Å². The summed E-state index contributed by atoms with van der Waals surface area (Å²) in [6, 6.07) is 4.71. The van der Waals surface area contributed by atoms with Crippen LogP contribution in [-0.2, 0) is 13.1 Å². The van der Waals surface area contributed by atoms with Crippen molar-refractivity contribution >= 4 is 0 Å². The SMILES string of the molecule is Cc1cc(F)ccc1-c1nc(C)c2c(n1)CNC2. The minimum Gasteiger partial charge on any atom is -0.307 e. The van der Waals surface area contributed by atoms with E-state index in [0.717, 1.165) is 35.6 Å². The van der Waals surface area contributed by atoms with E-state index in [0.29, 0.717) is 5.82 Å². The molecule has 1 aromatic carbocycles. The zero-order valence-electron chi connectivity index (χ0n) is 10.4. The van der Waals surface area contributed by atoms with E-state index in [9.17, 15) is 4.39 Å². The fourth-order valence-corrected chi connectivity index (χ4v) is 2.34. The standard InChI is InChI=1S/C14H14FN3/c1-8-5-10(15)3-4-11(8)14-17-9(2)12-6-16-7-13(12)18-14/h3-5,16H,6-7H2,1-2H3. The topological polar surface area (TPSA) is 37.8 Å². The first-order valence-corrected chi connectivity index (χ1v) is 5.99. The van der Waals surface area contributed by atoms with E-state index < -0.39 is 0 Å². The van der Waals surface area contributed by atoms with Crippen LogP contribution >= 0.6 is 0 Å². The predicted molar refractivity (Wildman–Crippen MR) is 67.4 cm³/mol. The molecule has 0 unspecified atom stereocenters. The minimum absolute atomic E-state index is 0.226. The Balaban J connectivity index is 2.15. The van der Waals surface area contributed by atoms with E-state index in [1.54, 1.807) is 6.07 Å². The zero-order chi connectivity index (χ0) is 12.7. The number of hydrogen-bond acceptors (Lipinski definition) is 3. The lowest BCUT2D eigenvalue weighted by Gasteiger charge is -2.08. The van der Waals surface area contributed by atoms with Crippen molar-refractivity contribution in [3.8, 4) is 11.4 Å². The van der Waals surface area contributed by atoms with E-state index in [1.165, 1.54) is 17.7 Å². The van der Waals surface area contributed by atoms with Crippen molar-refractivity contribution < 1.29 is 4.39 Å². The summed E-state index contributed by atoms with van der Waals surface area (Å²) in [4.78, 5) is 9.11. The summed E-state index contributed by atoms with van der Waals surface area (Å²) < 4.78 is 13.1. The molecule has 0 radical (unpaired) electrons. The number of rotatable bonds is 1. The van der Waals surface area contributed by atoms with Crippen molar-refractivity contribution in [3.63, 3.8) is 0 Å². The number of nitrogens with zero attached hydrogens (tertiary/aromatic N) is 2. The van der Waals surface area contributed by atoms with Crippen molar-refractivity contribution in [2.45, 2.75) is 26.9 Å². The molecule has 3 nitrogen and oxygen atoms in total. The molecule has 92 valence electrons. The highest BCUT2D eigenvalue weighted by Crippen LogP contribution is 2.24. The molecule has 0 saturated carbocycles.